The van der Waals surface area contributed by atoms with Gasteiger partial charge < -0.3 is 54.0 Å². The van der Waals surface area contributed by atoms with Crippen LogP contribution in [0.15, 0.2) is 27.3 Å². The molecule has 14 heteroatoms. The van der Waals surface area contributed by atoms with Crippen molar-refractivity contribution in [3.63, 3.8) is 0 Å². The number of rotatable bonds is 21. The fourth-order valence-electron chi connectivity index (χ4n) is 7.57. The zero-order chi connectivity index (χ0) is 39.2. The topological polar surface area (TPSA) is 180 Å². The summed E-state index contributed by atoms with van der Waals surface area (Å²) in [6.07, 6.45) is 3.74. The number of methoxy groups -OCH3 is 4. The van der Waals surface area contributed by atoms with Gasteiger partial charge >= 0.3 is 0 Å². The number of aromatic hydroxyl groups is 2. The number of amides is 1. The van der Waals surface area contributed by atoms with Crippen molar-refractivity contribution in [3.05, 3.63) is 49.3 Å². The third-order valence-electron chi connectivity index (χ3n) is 9.92. The van der Waals surface area contributed by atoms with Crippen LogP contribution < -0.4 is 35.7 Å². The maximum absolute atomic E-state index is 13.9. The molecule has 5 aromatic carbocycles. The number of nitrogens with one attached hydrogen (secondary N) is 2. The van der Waals surface area contributed by atoms with Crippen molar-refractivity contribution in [2.75, 3.05) is 93.1 Å². The van der Waals surface area contributed by atoms with Gasteiger partial charge in [0.2, 0.25) is 5.91 Å². The fraction of sp³-hybridized carbons (Fsp3) is 0.439. The Kier molecular flexibility index (Phi) is 12.6. The lowest BCUT2D eigenvalue weighted by Gasteiger charge is -2.24. The smallest absolute Gasteiger partial charge is 0.220 e. The van der Waals surface area contributed by atoms with E-state index < -0.39 is 10.9 Å². The second-order valence-corrected chi connectivity index (χ2v) is 13.4. The molecule has 4 N–H and O–H groups in total. The largest absolute Gasteiger partial charge is 0.505 e. The minimum Gasteiger partial charge on any atom is -0.505 e. The van der Waals surface area contributed by atoms with Gasteiger partial charge in [-0.25, -0.2) is 0 Å². The normalized spacial score (nSPS) is 12.6. The van der Waals surface area contributed by atoms with Gasteiger partial charge in [-0.2, -0.15) is 0 Å². The Balaban J connectivity index is 1.24. The lowest BCUT2D eigenvalue weighted by Crippen LogP contribution is -2.27. The summed E-state index contributed by atoms with van der Waals surface area (Å²) in [5, 5.41) is 33.0. The highest BCUT2D eigenvalue weighted by molar-refractivity contribution is 6.39. The maximum atomic E-state index is 13.9. The van der Waals surface area contributed by atoms with E-state index >= 15 is 0 Å². The average molecular weight is 761 g/mol. The number of ether oxygens (including phenoxy) is 7. The summed E-state index contributed by atoms with van der Waals surface area (Å²) in [5.41, 5.74) is 1.61. The Morgan fingerprint density at radius 3 is 1.85 bits per heavy atom. The number of hydrogen-bond donors (Lipinski definition) is 4. The van der Waals surface area contributed by atoms with Crippen molar-refractivity contribution < 1.29 is 48.2 Å². The first-order chi connectivity index (χ1) is 26.7. The molecule has 294 valence electrons. The minimum atomic E-state index is -0.463. The molecule has 0 aromatic heterocycles. The molecule has 0 atom stereocenters. The molecule has 0 unspecified atom stereocenters. The standard InChI is InChI=1S/C41H48N2O12/c1-22-18-23-30-31-24(19-22)41(52-5)40(48)33-26(45)21-28(51-4)35(37(31)33)34-27(50-3)20-25(44)32(36(30)34)39(47)38(23)43-9-7-6-8-29(46)42-10-11-53-14-15-55-17-16-54-13-12-49-2/h19-21,43,47-48H,6-18H2,1-5H3,(H,42,46). The van der Waals surface area contributed by atoms with Crippen LogP contribution in [0.4, 0.5) is 5.69 Å². The molecule has 5 aromatic rings. The summed E-state index contributed by atoms with van der Waals surface area (Å²) in [5.74, 6) is -0.000796. The zero-order valence-electron chi connectivity index (χ0n) is 31.9. The number of phenolic OH excluding ortho intramolecular Hbond substituents is 2. The van der Waals surface area contributed by atoms with Crippen LogP contribution in [0.25, 0.3) is 49.2 Å². The molecule has 0 radical (unpaired) electrons. The maximum Gasteiger partial charge on any atom is 0.220 e. The predicted octanol–water partition coefficient (Wildman–Crippen LogP) is 4.69. The van der Waals surface area contributed by atoms with E-state index in [0.717, 1.165) is 5.57 Å². The lowest BCUT2D eigenvalue weighted by molar-refractivity contribution is -0.121. The van der Waals surface area contributed by atoms with E-state index in [4.69, 9.17) is 33.2 Å². The number of hydrogen-bond acceptors (Lipinski definition) is 13. The third kappa shape index (κ3) is 7.59. The molecule has 0 spiro atoms. The van der Waals surface area contributed by atoms with Crippen LogP contribution in [0.2, 0.25) is 0 Å². The second-order valence-electron chi connectivity index (χ2n) is 13.4. The summed E-state index contributed by atoms with van der Waals surface area (Å²) in [6, 6.07) is 2.62. The molecule has 0 saturated carbocycles. The van der Waals surface area contributed by atoms with Gasteiger partial charge in [0.25, 0.3) is 0 Å². The Morgan fingerprint density at radius 2 is 1.25 bits per heavy atom. The van der Waals surface area contributed by atoms with Gasteiger partial charge in [-0.3, -0.25) is 14.4 Å². The van der Waals surface area contributed by atoms with Crippen LogP contribution >= 0.6 is 0 Å². The van der Waals surface area contributed by atoms with Crippen molar-refractivity contribution in [2.45, 2.75) is 32.6 Å². The van der Waals surface area contributed by atoms with Gasteiger partial charge in [-0.05, 0) is 37.1 Å². The number of carbonyl (C=O) groups excluding carboxylic acids is 1. The van der Waals surface area contributed by atoms with Crippen molar-refractivity contribution in [1.29, 1.82) is 0 Å². The summed E-state index contributed by atoms with van der Waals surface area (Å²) in [7, 11) is 5.95. The van der Waals surface area contributed by atoms with E-state index in [1.165, 1.54) is 33.5 Å². The number of unbranched alkanes of at least 4 members (excludes halogenated alkanes) is 1. The average Bonchev–Trinajstić information content (AvgIpc) is 3.32. The Bertz CT molecular complexity index is 2340. The number of benzene rings is 5. The second kappa shape index (κ2) is 17.5. The van der Waals surface area contributed by atoms with E-state index in [1.54, 1.807) is 7.11 Å². The van der Waals surface area contributed by atoms with E-state index in [-0.39, 0.29) is 45.4 Å². The SMILES string of the molecule is COCCOCCOCCOCCNC(=O)CCCCNc1c(O)c2c(=O)cc(OC)c3c4c(OC)cc(=O)c5c(O)c(OC)c6c(c(c1CC(C)=C6)c23)c54. The molecular weight excluding hydrogens is 712 g/mol. The number of carbonyl (C=O) groups is 1. The number of allylic oxidation sites excluding steroid dienone is 1. The fourth-order valence-corrected chi connectivity index (χ4v) is 7.57. The van der Waals surface area contributed by atoms with Crippen molar-refractivity contribution in [3.8, 4) is 28.7 Å². The Morgan fingerprint density at radius 1 is 0.673 bits per heavy atom. The molecule has 14 nitrogen and oxygen atoms in total. The molecule has 0 fully saturated rings. The molecule has 0 saturated heterocycles. The summed E-state index contributed by atoms with van der Waals surface area (Å²) >= 11 is 0. The van der Waals surface area contributed by atoms with E-state index in [0.29, 0.717) is 134 Å². The molecule has 0 bridgehead atoms. The lowest BCUT2D eigenvalue weighted by atomic mass is 9.83. The quantitative estimate of drug-likeness (QED) is 0.0351. The number of phenols is 2. The Labute approximate surface area is 317 Å². The van der Waals surface area contributed by atoms with Crippen molar-refractivity contribution in [2.24, 2.45) is 0 Å². The highest BCUT2D eigenvalue weighted by Gasteiger charge is 2.33. The van der Waals surface area contributed by atoms with Crippen molar-refractivity contribution in [1.82, 2.24) is 5.32 Å². The molecule has 55 heavy (non-hydrogen) atoms. The van der Waals surface area contributed by atoms with Gasteiger partial charge in [0, 0.05) is 71.2 Å². The van der Waals surface area contributed by atoms with Crippen LogP contribution in [0, 0.1) is 0 Å². The third-order valence-corrected chi connectivity index (χ3v) is 9.92. The highest BCUT2D eigenvalue weighted by Crippen LogP contribution is 2.56. The van der Waals surface area contributed by atoms with Gasteiger partial charge in [0.1, 0.15) is 11.5 Å². The molecule has 1 aliphatic carbocycles. The monoisotopic (exact) mass is 760 g/mol. The molecule has 0 heterocycles. The molecule has 6 rings (SSSR count). The Hall–Kier alpha value is -5.15. The molecule has 1 aliphatic rings. The number of anilines is 1. The zero-order valence-corrected chi connectivity index (χ0v) is 31.9. The molecule has 1 amide bonds. The number of fused-ring (bicyclic) bond motifs is 1. The molecular formula is C41H48N2O12. The van der Waals surface area contributed by atoms with Crippen LogP contribution in [0.1, 0.15) is 37.3 Å². The summed E-state index contributed by atoms with van der Waals surface area (Å²) in [4.78, 5) is 40.0. The first-order valence-corrected chi connectivity index (χ1v) is 18.3. The van der Waals surface area contributed by atoms with E-state index in [1.807, 2.05) is 13.0 Å². The van der Waals surface area contributed by atoms with Gasteiger partial charge in [-0.15, -0.1) is 0 Å². The predicted molar refractivity (Wildman–Crippen MR) is 211 cm³/mol. The minimum absolute atomic E-state index is 0.0503. The summed E-state index contributed by atoms with van der Waals surface area (Å²) < 4.78 is 38.5. The van der Waals surface area contributed by atoms with E-state index in [9.17, 15) is 24.6 Å². The molecule has 0 aliphatic heterocycles. The first-order valence-electron chi connectivity index (χ1n) is 18.3. The van der Waals surface area contributed by atoms with Crippen LogP contribution in [0.3, 0.4) is 0 Å². The van der Waals surface area contributed by atoms with Gasteiger partial charge in [0.15, 0.2) is 28.1 Å². The van der Waals surface area contributed by atoms with Crippen LogP contribution in [0.5, 0.6) is 28.7 Å². The van der Waals surface area contributed by atoms with Gasteiger partial charge in [-0.1, -0.05) is 11.6 Å². The van der Waals surface area contributed by atoms with E-state index in [2.05, 4.69) is 10.6 Å². The summed E-state index contributed by atoms with van der Waals surface area (Å²) in [6.45, 7) is 5.96. The van der Waals surface area contributed by atoms with Crippen molar-refractivity contribution >= 4 is 60.8 Å². The highest BCUT2D eigenvalue weighted by atomic mass is 16.6. The van der Waals surface area contributed by atoms with Crippen LogP contribution in [-0.4, -0.2) is 104 Å². The van der Waals surface area contributed by atoms with Crippen LogP contribution in [-0.2, 0) is 30.2 Å². The first kappa shape index (κ1) is 39.5. The van der Waals surface area contributed by atoms with Gasteiger partial charge in [0.05, 0.1) is 84.0 Å².